The Morgan fingerprint density at radius 1 is 0.556 bits per heavy atom. The summed E-state index contributed by atoms with van der Waals surface area (Å²) in [4.78, 5) is 54.1. The van der Waals surface area contributed by atoms with Gasteiger partial charge in [-0.25, -0.2) is 0 Å². The van der Waals surface area contributed by atoms with E-state index >= 15 is 0 Å². The zero-order valence-corrected chi connectivity index (χ0v) is 42.3. The van der Waals surface area contributed by atoms with E-state index < -0.39 is 0 Å². The number of rotatable bonds is 45. The number of carbonyl (C=O) groups is 4. The Balaban J connectivity index is 2.42. The lowest BCUT2D eigenvalue weighted by atomic mass is 9.93. The number of esters is 2. The van der Waals surface area contributed by atoms with Gasteiger partial charge in [0.15, 0.2) is 0 Å². The Morgan fingerprint density at radius 2 is 1.03 bits per heavy atom. The largest absolute Gasteiger partial charge is 0.466 e. The van der Waals surface area contributed by atoms with Crippen LogP contribution in [0.15, 0.2) is 0 Å². The lowest BCUT2D eigenvalue weighted by Gasteiger charge is -2.23. The van der Waals surface area contributed by atoms with Crippen molar-refractivity contribution in [3.05, 3.63) is 0 Å². The third-order valence-corrected chi connectivity index (χ3v) is 13.4. The number of likely N-dealkylation sites (tertiary alicyclic amines) is 1. The zero-order valence-electron chi connectivity index (χ0n) is 42.3. The number of amides is 2. The van der Waals surface area contributed by atoms with Crippen LogP contribution in [-0.4, -0.2) is 85.5 Å². The van der Waals surface area contributed by atoms with Crippen molar-refractivity contribution in [2.24, 2.45) is 11.8 Å². The highest BCUT2D eigenvalue weighted by Gasteiger charge is 2.29. The van der Waals surface area contributed by atoms with Crippen LogP contribution in [-0.2, 0) is 28.7 Å². The number of ether oxygens (including phenoxy) is 2. The van der Waals surface area contributed by atoms with E-state index in [-0.39, 0.29) is 35.8 Å². The lowest BCUT2D eigenvalue weighted by molar-refractivity contribution is -0.150. The minimum atomic E-state index is -0.0937. The molecule has 63 heavy (non-hydrogen) atoms. The van der Waals surface area contributed by atoms with Gasteiger partial charge in [0, 0.05) is 39.4 Å². The van der Waals surface area contributed by atoms with E-state index in [1.807, 2.05) is 0 Å². The second-order valence-electron chi connectivity index (χ2n) is 19.4. The summed E-state index contributed by atoms with van der Waals surface area (Å²) in [5.41, 5.74) is 0. The Morgan fingerprint density at radius 3 is 1.56 bits per heavy atom. The Kier molecular flexibility index (Phi) is 39.7. The second kappa shape index (κ2) is 42.5. The van der Waals surface area contributed by atoms with Gasteiger partial charge in [-0.1, -0.05) is 169 Å². The first-order valence-corrected chi connectivity index (χ1v) is 27.3. The van der Waals surface area contributed by atoms with E-state index in [0.717, 1.165) is 116 Å². The molecular formula is C54H103N3O6. The summed E-state index contributed by atoms with van der Waals surface area (Å²) < 4.78 is 11.7. The van der Waals surface area contributed by atoms with Crippen molar-refractivity contribution < 1.29 is 28.7 Å². The average molecular weight is 890 g/mol. The molecule has 1 N–H and O–H groups in total. The molecule has 1 unspecified atom stereocenters. The summed E-state index contributed by atoms with van der Waals surface area (Å²) >= 11 is 0. The monoisotopic (exact) mass is 890 g/mol. The fourth-order valence-corrected chi connectivity index (χ4v) is 9.17. The molecule has 1 rings (SSSR count). The molecule has 0 aromatic heterocycles. The summed E-state index contributed by atoms with van der Waals surface area (Å²) in [5, 5.41) is 3.14. The molecule has 0 spiro atoms. The van der Waals surface area contributed by atoms with E-state index in [1.165, 1.54) is 116 Å². The van der Waals surface area contributed by atoms with Gasteiger partial charge in [0.2, 0.25) is 11.8 Å². The van der Waals surface area contributed by atoms with Gasteiger partial charge in [-0.05, 0) is 96.2 Å². The number of unbranched alkanes of at least 4 members (excludes halogenated alkanes) is 20. The molecule has 0 aromatic carbocycles. The van der Waals surface area contributed by atoms with Gasteiger partial charge in [-0.3, -0.25) is 19.2 Å². The number of carbonyl (C=O) groups excluding carboxylic acids is 4. The predicted octanol–water partition coefficient (Wildman–Crippen LogP) is 13.7. The van der Waals surface area contributed by atoms with Crippen LogP contribution in [0.2, 0.25) is 0 Å². The van der Waals surface area contributed by atoms with Crippen LogP contribution in [0.4, 0.5) is 0 Å². The molecule has 0 aliphatic carbocycles. The van der Waals surface area contributed by atoms with Crippen molar-refractivity contribution in [3.8, 4) is 0 Å². The Bertz CT molecular complexity index is 1080. The van der Waals surface area contributed by atoms with Gasteiger partial charge < -0.3 is 24.6 Å². The van der Waals surface area contributed by atoms with E-state index in [2.05, 4.69) is 37.9 Å². The number of nitrogens with zero attached hydrogens (tertiary/aromatic N) is 2. The second-order valence-corrected chi connectivity index (χ2v) is 19.4. The molecule has 9 heteroatoms. The van der Waals surface area contributed by atoms with Crippen LogP contribution in [0.25, 0.3) is 0 Å². The molecule has 1 saturated heterocycles. The molecule has 0 aromatic rings. The summed E-state index contributed by atoms with van der Waals surface area (Å²) in [6.45, 7) is 16.1. The first kappa shape index (κ1) is 58.9. The fourth-order valence-electron chi connectivity index (χ4n) is 9.17. The first-order valence-electron chi connectivity index (χ1n) is 27.3. The van der Waals surface area contributed by atoms with E-state index in [0.29, 0.717) is 45.0 Å². The van der Waals surface area contributed by atoms with E-state index in [9.17, 15) is 19.2 Å². The normalized spacial score (nSPS) is 14.0. The molecule has 370 valence electrons. The molecular weight excluding hydrogens is 787 g/mol. The van der Waals surface area contributed by atoms with Gasteiger partial charge in [-0.2, -0.15) is 0 Å². The van der Waals surface area contributed by atoms with E-state index in [4.69, 9.17) is 9.47 Å². The third kappa shape index (κ3) is 34.8. The van der Waals surface area contributed by atoms with Crippen molar-refractivity contribution in [2.45, 2.75) is 265 Å². The SMILES string of the molecule is CCCCCCCCC(CCCCCCCC)OC(=O)CCCCCCCN(CCCCCCCC(=O)OCCC(CCCC)CCCC)CCCNC(=O)C1CCN(C(C)=O)C1. The molecule has 1 aliphatic heterocycles. The molecule has 0 radical (unpaired) electrons. The summed E-state index contributed by atoms with van der Waals surface area (Å²) in [6.07, 6.45) is 39.4. The lowest BCUT2D eigenvalue weighted by Crippen LogP contribution is -2.36. The Labute approximate surface area is 389 Å². The van der Waals surface area contributed by atoms with Gasteiger partial charge in [0.25, 0.3) is 0 Å². The number of nitrogens with one attached hydrogen (secondary N) is 1. The van der Waals surface area contributed by atoms with Crippen molar-refractivity contribution in [1.82, 2.24) is 15.1 Å². The van der Waals surface area contributed by atoms with Crippen molar-refractivity contribution in [1.29, 1.82) is 0 Å². The van der Waals surface area contributed by atoms with Crippen molar-refractivity contribution in [3.63, 3.8) is 0 Å². The average Bonchev–Trinajstić information content (AvgIpc) is 3.78. The van der Waals surface area contributed by atoms with Crippen molar-refractivity contribution >= 4 is 23.8 Å². The third-order valence-electron chi connectivity index (χ3n) is 13.4. The molecule has 1 atom stereocenters. The summed E-state index contributed by atoms with van der Waals surface area (Å²) in [7, 11) is 0. The van der Waals surface area contributed by atoms with Crippen LogP contribution in [0, 0.1) is 11.8 Å². The molecule has 2 amide bonds. The highest BCUT2D eigenvalue weighted by molar-refractivity contribution is 5.81. The molecule has 0 bridgehead atoms. The van der Waals surface area contributed by atoms with E-state index in [1.54, 1.807) is 11.8 Å². The van der Waals surface area contributed by atoms with Gasteiger partial charge in [0.05, 0.1) is 12.5 Å². The maximum atomic E-state index is 12.9. The van der Waals surface area contributed by atoms with Gasteiger partial charge in [0.1, 0.15) is 6.10 Å². The minimum absolute atomic E-state index is 0.00305. The molecule has 9 nitrogen and oxygen atoms in total. The van der Waals surface area contributed by atoms with Gasteiger partial charge in [-0.15, -0.1) is 0 Å². The van der Waals surface area contributed by atoms with Crippen LogP contribution in [0.1, 0.15) is 259 Å². The smallest absolute Gasteiger partial charge is 0.306 e. The van der Waals surface area contributed by atoms with Crippen LogP contribution >= 0.6 is 0 Å². The highest BCUT2D eigenvalue weighted by Crippen LogP contribution is 2.21. The highest BCUT2D eigenvalue weighted by atomic mass is 16.5. The summed E-state index contributed by atoms with van der Waals surface area (Å²) in [6, 6.07) is 0. The molecule has 1 aliphatic rings. The van der Waals surface area contributed by atoms with Crippen LogP contribution < -0.4 is 5.32 Å². The molecule has 1 fully saturated rings. The summed E-state index contributed by atoms with van der Waals surface area (Å²) in [5.74, 6) is 0.687. The standard InChI is InChI=1S/C54H103N3O6/c1-6-10-14-16-20-26-35-51(36-27-21-17-15-11-7-2)63-53(60)38-29-23-19-25-31-43-56(44-32-41-55-54(61)50-39-45-57(47-50)48(5)58)42-30-24-18-22-28-37-52(59)62-46-40-49(33-12-8-3)34-13-9-4/h49-51H,6-47H2,1-5H3,(H,55,61). The molecule has 0 saturated carbocycles. The molecule has 1 heterocycles. The van der Waals surface area contributed by atoms with Crippen molar-refractivity contribution in [2.75, 3.05) is 45.9 Å². The van der Waals surface area contributed by atoms with Gasteiger partial charge >= 0.3 is 11.9 Å². The Hall–Kier alpha value is -2.16. The quantitative estimate of drug-likeness (QED) is 0.0479. The maximum Gasteiger partial charge on any atom is 0.306 e. The fraction of sp³-hybridized carbons (Fsp3) is 0.926. The first-order chi connectivity index (χ1) is 30.7. The number of hydrogen-bond acceptors (Lipinski definition) is 7. The van der Waals surface area contributed by atoms with Crippen LogP contribution in [0.5, 0.6) is 0 Å². The zero-order chi connectivity index (χ0) is 46.0. The topological polar surface area (TPSA) is 105 Å². The maximum absolute atomic E-state index is 12.9. The predicted molar refractivity (Wildman–Crippen MR) is 264 cm³/mol. The minimum Gasteiger partial charge on any atom is -0.466 e. The number of hydrogen-bond donors (Lipinski definition) is 1. The van der Waals surface area contributed by atoms with Crippen LogP contribution in [0.3, 0.4) is 0 Å².